The van der Waals surface area contributed by atoms with Gasteiger partial charge in [0.2, 0.25) is 0 Å². The second-order valence-electron chi connectivity index (χ2n) is 7.68. The van der Waals surface area contributed by atoms with E-state index in [1.54, 1.807) is 0 Å². The van der Waals surface area contributed by atoms with E-state index in [0.717, 1.165) is 36.2 Å². The summed E-state index contributed by atoms with van der Waals surface area (Å²) < 4.78 is 5.60. The molecule has 0 radical (unpaired) electrons. The van der Waals surface area contributed by atoms with Gasteiger partial charge in [-0.25, -0.2) is 0 Å². The van der Waals surface area contributed by atoms with Crippen LogP contribution in [0.15, 0.2) is 42.5 Å². The molecule has 1 fully saturated rings. The van der Waals surface area contributed by atoms with Crippen molar-refractivity contribution in [3.05, 3.63) is 48.1 Å². The Bertz CT molecular complexity index is 618. The van der Waals surface area contributed by atoms with Crippen LogP contribution in [0.1, 0.15) is 77.2 Å². The van der Waals surface area contributed by atoms with Crippen LogP contribution in [-0.4, -0.2) is 6.61 Å². The molecule has 1 aromatic rings. The second kappa shape index (κ2) is 13.3. The van der Waals surface area contributed by atoms with E-state index in [1.165, 1.54) is 51.4 Å². The van der Waals surface area contributed by atoms with E-state index >= 15 is 0 Å². The Kier molecular flexibility index (Phi) is 10.5. The van der Waals surface area contributed by atoms with Gasteiger partial charge in [0, 0.05) is 0 Å². The van der Waals surface area contributed by atoms with Gasteiger partial charge < -0.3 is 4.74 Å². The smallest absolute Gasteiger partial charge is 0.119 e. The number of rotatable bonds is 9. The molecule has 0 aliphatic heterocycles. The molecule has 0 atom stereocenters. The molecule has 0 spiro atoms. The van der Waals surface area contributed by atoms with Crippen LogP contribution in [-0.2, 0) is 0 Å². The zero-order chi connectivity index (χ0) is 19.2. The molecule has 146 valence electrons. The summed E-state index contributed by atoms with van der Waals surface area (Å²) in [5.74, 6) is 8.92. The number of benzene rings is 1. The average Bonchev–Trinajstić information content (AvgIpc) is 2.71. The number of ether oxygens (including phenoxy) is 1. The lowest BCUT2D eigenvalue weighted by molar-refractivity contribution is 0.289. The largest absolute Gasteiger partial charge is 0.494 e. The molecule has 1 heteroatoms. The molecule has 0 unspecified atom stereocenters. The van der Waals surface area contributed by atoms with Gasteiger partial charge in [0.1, 0.15) is 5.75 Å². The first-order valence-electron chi connectivity index (χ1n) is 10.9. The SMILES string of the molecule is CCCCC[C@H]1CC[C@H](C=CC#CC=Cc2ccc(OCCC)cc2)CC1. The average molecular weight is 365 g/mol. The summed E-state index contributed by atoms with van der Waals surface area (Å²) in [5, 5.41) is 0. The Morgan fingerprint density at radius 3 is 2.37 bits per heavy atom. The fourth-order valence-corrected chi connectivity index (χ4v) is 3.67. The summed E-state index contributed by atoms with van der Waals surface area (Å²) in [7, 11) is 0. The zero-order valence-corrected chi connectivity index (χ0v) is 17.3. The van der Waals surface area contributed by atoms with Crippen LogP contribution in [0.4, 0.5) is 0 Å². The third kappa shape index (κ3) is 9.00. The standard InChI is InChI=1S/C26H36O/c1-3-5-8-11-23-14-16-24(17-15-23)12-9-6-7-10-13-25-18-20-26(21-19-25)27-22-4-2/h9-10,12-13,18-21,23-24H,3-5,8,11,14-17,22H2,1-2H3/t23-,24-. The molecule has 1 aliphatic rings. The lowest BCUT2D eigenvalue weighted by Gasteiger charge is -2.26. The minimum Gasteiger partial charge on any atom is -0.494 e. The highest BCUT2D eigenvalue weighted by Gasteiger charge is 2.18. The van der Waals surface area contributed by atoms with Crippen molar-refractivity contribution in [2.24, 2.45) is 11.8 Å². The van der Waals surface area contributed by atoms with E-state index < -0.39 is 0 Å². The molecule has 0 heterocycles. The molecule has 2 rings (SSSR count). The predicted molar refractivity (Wildman–Crippen MR) is 118 cm³/mol. The van der Waals surface area contributed by atoms with Crippen LogP contribution in [0.2, 0.25) is 0 Å². The first-order valence-corrected chi connectivity index (χ1v) is 10.9. The first kappa shape index (κ1) is 21.4. The molecule has 27 heavy (non-hydrogen) atoms. The predicted octanol–water partition coefficient (Wildman–Crippen LogP) is 7.43. The Hall–Kier alpha value is -1.94. The summed E-state index contributed by atoms with van der Waals surface area (Å²) in [6.07, 6.45) is 20.5. The van der Waals surface area contributed by atoms with Gasteiger partial charge in [-0.05, 0) is 79.9 Å². The molecular weight excluding hydrogens is 328 g/mol. The lowest BCUT2D eigenvalue weighted by atomic mass is 9.79. The van der Waals surface area contributed by atoms with E-state index in [2.05, 4.69) is 43.9 Å². The normalized spacial score (nSPS) is 19.9. The molecule has 0 bridgehead atoms. The van der Waals surface area contributed by atoms with Crippen LogP contribution in [0.5, 0.6) is 5.75 Å². The summed E-state index contributed by atoms with van der Waals surface area (Å²) in [5.41, 5.74) is 1.15. The van der Waals surface area contributed by atoms with Crippen LogP contribution in [0, 0.1) is 23.7 Å². The van der Waals surface area contributed by atoms with Crippen LogP contribution in [0.25, 0.3) is 6.08 Å². The fourth-order valence-electron chi connectivity index (χ4n) is 3.67. The van der Waals surface area contributed by atoms with Gasteiger partial charge >= 0.3 is 0 Å². The maximum atomic E-state index is 5.60. The monoisotopic (exact) mass is 364 g/mol. The maximum absolute atomic E-state index is 5.60. The second-order valence-corrected chi connectivity index (χ2v) is 7.68. The third-order valence-corrected chi connectivity index (χ3v) is 5.35. The van der Waals surface area contributed by atoms with Crippen molar-refractivity contribution < 1.29 is 4.74 Å². The van der Waals surface area contributed by atoms with Gasteiger partial charge in [-0.3, -0.25) is 0 Å². The minimum absolute atomic E-state index is 0.737. The molecule has 1 saturated carbocycles. The molecule has 0 amide bonds. The quantitative estimate of drug-likeness (QED) is 0.327. The molecule has 0 saturated heterocycles. The maximum Gasteiger partial charge on any atom is 0.119 e. The summed E-state index contributed by atoms with van der Waals surface area (Å²) >= 11 is 0. The van der Waals surface area contributed by atoms with Crippen molar-refractivity contribution >= 4 is 6.08 Å². The Morgan fingerprint density at radius 1 is 0.926 bits per heavy atom. The molecule has 1 aliphatic carbocycles. The summed E-state index contributed by atoms with van der Waals surface area (Å²) in [6.45, 7) is 5.18. The summed E-state index contributed by atoms with van der Waals surface area (Å²) in [6, 6.07) is 8.17. The Balaban J connectivity index is 1.67. The van der Waals surface area contributed by atoms with Gasteiger partial charge in [-0.2, -0.15) is 0 Å². The summed E-state index contributed by atoms with van der Waals surface area (Å²) in [4.78, 5) is 0. The van der Waals surface area contributed by atoms with Crippen molar-refractivity contribution in [2.75, 3.05) is 6.61 Å². The van der Waals surface area contributed by atoms with E-state index in [0.29, 0.717) is 0 Å². The molecule has 1 nitrogen and oxygen atoms in total. The molecule has 0 N–H and O–H groups in total. The van der Waals surface area contributed by atoms with E-state index in [9.17, 15) is 0 Å². The number of allylic oxidation sites excluding steroid dienone is 3. The van der Waals surface area contributed by atoms with Gasteiger partial charge in [-0.1, -0.05) is 69.6 Å². The van der Waals surface area contributed by atoms with Crippen molar-refractivity contribution in [2.45, 2.75) is 71.6 Å². The van der Waals surface area contributed by atoms with Crippen LogP contribution >= 0.6 is 0 Å². The Morgan fingerprint density at radius 2 is 1.67 bits per heavy atom. The van der Waals surface area contributed by atoms with Gasteiger partial charge in [0.05, 0.1) is 6.61 Å². The molecular formula is C26H36O. The van der Waals surface area contributed by atoms with E-state index in [4.69, 9.17) is 4.74 Å². The molecule has 0 aromatic heterocycles. The van der Waals surface area contributed by atoms with E-state index in [1.807, 2.05) is 30.4 Å². The van der Waals surface area contributed by atoms with Crippen molar-refractivity contribution in [1.82, 2.24) is 0 Å². The fraction of sp³-hybridized carbons (Fsp3) is 0.538. The lowest BCUT2D eigenvalue weighted by Crippen LogP contribution is -2.12. The first-order chi connectivity index (χ1) is 13.3. The van der Waals surface area contributed by atoms with Crippen molar-refractivity contribution in [3.8, 4) is 17.6 Å². The topological polar surface area (TPSA) is 9.23 Å². The Labute approximate surface area is 166 Å². The van der Waals surface area contributed by atoms with Gasteiger partial charge in [-0.15, -0.1) is 0 Å². The third-order valence-electron chi connectivity index (χ3n) is 5.35. The highest BCUT2D eigenvalue weighted by molar-refractivity contribution is 5.54. The van der Waals surface area contributed by atoms with E-state index in [-0.39, 0.29) is 0 Å². The van der Waals surface area contributed by atoms with Crippen molar-refractivity contribution in [3.63, 3.8) is 0 Å². The highest BCUT2D eigenvalue weighted by Crippen LogP contribution is 2.32. The minimum atomic E-state index is 0.737. The van der Waals surface area contributed by atoms with Crippen LogP contribution in [0.3, 0.4) is 0 Å². The number of hydrogen-bond donors (Lipinski definition) is 0. The van der Waals surface area contributed by atoms with Crippen LogP contribution < -0.4 is 4.74 Å². The number of hydrogen-bond acceptors (Lipinski definition) is 1. The van der Waals surface area contributed by atoms with Crippen molar-refractivity contribution in [1.29, 1.82) is 0 Å². The highest BCUT2D eigenvalue weighted by atomic mass is 16.5. The van der Waals surface area contributed by atoms with Gasteiger partial charge in [0.25, 0.3) is 0 Å². The zero-order valence-electron chi connectivity index (χ0n) is 17.3. The molecule has 1 aromatic carbocycles. The van der Waals surface area contributed by atoms with Gasteiger partial charge in [0.15, 0.2) is 0 Å². The number of unbranched alkanes of at least 4 members (excludes halogenated alkanes) is 2.